The molecule has 1 unspecified atom stereocenters. The summed E-state index contributed by atoms with van der Waals surface area (Å²) in [5.41, 5.74) is 2.66. The van der Waals surface area contributed by atoms with Crippen molar-refractivity contribution in [1.29, 1.82) is 0 Å². The van der Waals surface area contributed by atoms with Crippen LogP contribution in [0.4, 0.5) is 0 Å². The summed E-state index contributed by atoms with van der Waals surface area (Å²) in [5, 5.41) is 0.525. The van der Waals surface area contributed by atoms with Crippen LogP contribution in [-0.2, 0) is 6.42 Å². The van der Waals surface area contributed by atoms with Crippen molar-refractivity contribution >= 4 is 16.9 Å². The van der Waals surface area contributed by atoms with Crippen LogP contribution in [0.5, 0.6) is 5.75 Å². The molecule has 174 valence electrons. The molecular formula is C27H32N2O4. The van der Waals surface area contributed by atoms with Gasteiger partial charge in [0.05, 0.1) is 23.6 Å². The van der Waals surface area contributed by atoms with Gasteiger partial charge in [0.15, 0.2) is 5.43 Å². The fourth-order valence-corrected chi connectivity index (χ4v) is 4.59. The Labute approximate surface area is 194 Å². The number of carbonyl (C=O) groups is 1. The van der Waals surface area contributed by atoms with Crippen molar-refractivity contribution < 1.29 is 13.9 Å². The summed E-state index contributed by atoms with van der Waals surface area (Å²) in [5.74, 6) is 0.642. The van der Waals surface area contributed by atoms with Crippen molar-refractivity contribution in [2.24, 2.45) is 0 Å². The number of ether oxygens (including phenoxy) is 1. The number of fused-ring (bicyclic) bond motifs is 2. The highest BCUT2D eigenvalue weighted by Crippen LogP contribution is 2.39. The zero-order valence-corrected chi connectivity index (χ0v) is 19.9. The Morgan fingerprint density at radius 3 is 2.52 bits per heavy atom. The lowest BCUT2D eigenvalue weighted by Gasteiger charge is -2.28. The second-order valence-corrected chi connectivity index (χ2v) is 8.29. The number of nitrogens with zero attached hydrogens (tertiary/aromatic N) is 2. The largest absolute Gasteiger partial charge is 0.494 e. The molecule has 2 aromatic carbocycles. The first-order chi connectivity index (χ1) is 16.0. The van der Waals surface area contributed by atoms with E-state index in [0.29, 0.717) is 29.7 Å². The van der Waals surface area contributed by atoms with Gasteiger partial charge in [0, 0.05) is 13.1 Å². The van der Waals surface area contributed by atoms with Gasteiger partial charge in [-0.3, -0.25) is 9.59 Å². The van der Waals surface area contributed by atoms with Crippen LogP contribution in [0.15, 0.2) is 51.7 Å². The molecule has 2 heterocycles. The second kappa shape index (κ2) is 9.79. The Kier molecular flexibility index (Phi) is 6.84. The SMILES string of the molecule is CCOc1cccc(C2c3c(oc4ccc(CC)cc4c3=O)C(=O)N2CCN(CC)CC)c1. The predicted molar refractivity (Wildman–Crippen MR) is 130 cm³/mol. The molecule has 1 atom stereocenters. The average Bonchev–Trinajstić information content (AvgIpc) is 3.12. The molecule has 1 aliphatic heterocycles. The van der Waals surface area contributed by atoms with E-state index in [2.05, 4.69) is 25.7 Å². The highest BCUT2D eigenvalue weighted by atomic mass is 16.5. The number of aryl methyl sites for hydroxylation is 1. The lowest BCUT2D eigenvalue weighted by Crippen LogP contribution is -2.37. The molecule has 6 nitrogen and oxygen atoms in total. The molecule has 0 saturated heterocycles. The van der Waals surface area contributed by atoms with E-state index in [4.69, 9.17) is 9.15 Å². The standard InChI is InChI=1S/C27H32N2O4/c1-5-18-12-13-22-21(16-18)25(30)23-24(19-10-9-11-20(17-19)32-8-4)29(27(31)26(23)33-22)15-14-28(6-2)7-3/h9-13,16-17,24H,5-8,14-15H2,1-4H3. The minimum absolute atomic E-state index is 0.132. The Balaban J connectivity index is 1.87. The van der Waals surface area contributed by atoms with Crippen LogP contribution in [0.25, 0.3) is 11.0 Å². The zero-order chi connectivity index (χ0) is 23.5. The van der Waals surface area contributed by atoms with Gasteiger partial charge in [-0.05, 0) is 61.8 Å². The van der Waals surface area contributed by atoms with Gasteiger partial charge in [-0.25, -0.2) is 0 Å². The summed E-state index contributed by atoms with van der Waals surface area (Å²) in [4.78, 5) is 31.3. The van der Waals surface area contributed by atoms with Crippen LogP contribution < -0.4 is 10.2 Å². The first-order valence-corrected chi connectivity index (χ1v) is 11.9. The third-order valence-electron chi connectivity index (χ3n) is 6.47. The lowest BCUT2D eigenvalue weighted by molar-refractivity contribution is 0.0708. The molecule has 3 aromatic rings. The molecule has 0 spiro atoms. The van der Waals surface area contributed by atoms with Crippen LogP contribution in [0.1, 0.15) is 61.0 Å². The van der Waals surface area contributed by atoms with Crippen molar-refractivity contribution in [3.63, 3.8) is 0 Å². The summed E-state index contributed by atoms with van der Waals surface area (Å²) >= 11 is 0. The lowest BCUT2D eigenvalue weighted by atomic mass is 9.97. The number of rotatable bonds is 9. The molecule has 0 saturated carbocycles. The highest BCUT2D eigenvalue weighted by molar-refractivity contribution is 5.99. The Morgan fingerprint density at radius 2 is 1.82 bits per heavy atom. The maximum absolute atomic E-state index is 13.7. The molecule has 0 radical (unpaired) electrons. The van der Waals surface area contributed by atoms with Crippen LogP contribution in [0.3, 0.4) is 0 Å². The van der Waals surface area contributed by atoms with Gasteiger partial charge in [0.2, 0.25) is 5.76 Å². The smallest absolute Gasteiger partial charge is 0.290 e. The number of likely N-dealkylation sites (N-methyl/N-ethyl adjacent to an activating group) is 1. The number of benzene rings is 2. The molecule has 1 amide bonds. The van der Waals surface area contributed by atoms with Gasteiger partial charge in [0.25, 0.3) is 5.91 Å². The van der Waals surface area contributed by atoms with Crippen LogP contribution in [0, 0.1) is 0 Å². The van der Waals surface area contributed by atoms with Gasteiger partial charge < -0.3 is 19.0 Å². The average molecular weight is 449 g/mol. The molecule has 1 aliphatic rings. The van der Waals surface area contributed by atoms with Crippen molar-refractivity contribution in [3.8, 4) is 5.75 Å². The highest BCUT2D eigenvalue weighted by Gasteiger charge is 2.42. The van der Waals surface area contributed by atoms with Gasteiger partial charge >= 0.3 is 0 Å². The van der Waals surface area contributed by atoms with Gasteiger partial charge in [-0.1, -0.05) is 39.0 Å². The minimum Gasteiger partial charge on any atom is -0.494 e. The van der Waals surface area contributed by atoms with Gasteiger partial charge in [0.1, 0.15) is 11.3 Å². The van der Waals surface area contributed by atoms with E-state index >= 15 is 0 Å². The van der Waals surface area contributed by atoms with E-state index < -0.39 is 6.04 Å². The minimum atomic E-state index is -0.505. The fraction of sp³-hybridized carbons (Fsp3) is 0.407. The predicted octanol–water partition coefficient (Wildman–Crippen LogP) is 4.64. The first-order valence-electron chi connectivity index (χ1n) is 11.9. The molecule has 33 heavy (non-hydrogen) atoms. The molecule has 1 aromatic heterocycles. The Morgan fingerprint density at radius 1 is 1.03 bits per heavy atom. The molecule has 0 bridgehead atoms. The quantitative estimate of drug-likeness (QED) is 0.477. The van der Waals surface area contributed by atoms with Crippen molar-refractivity contribution in [1.82, 2.24) is 9.80 Å². The van der Waals surface area contributed by atoms with E-state index in [-0.39, 0.29) is 17.1 Å². The van der Waals surface area contributed by atoms with E-state index in [1.165, 1.54) is 0 Å². The third kappa shape index (κ3) is 4.27. The summed E-state index contributed by atoms with van der Waals surface area (Å²) in [6.07, 6.45) is 0.821. The maximum Gasteiger partial charge on any atom is 0.290 e. The van der Waals surface area contributed by atoms with Crippen LogP contribution in [0.2, 0.25) is 0 Å². The number of hydrogen-bond acceptors (Lipinski definition) is 5. The normalized spacial score (nSPS) is 15.5. The topological polar surface area (TPSA) is 63.0 Å². The first kappa shape index (κ1) is 23.1. The molecule has 6 heteroatoms. The maximum atomic E-state index is 13.7. The number of carbonyl (C=O) groups excluding carboxylic acids is 1. The second-order valence-electron chi connectivity index (χ2n) is 8.29. The third-order valence-corrected chi connectivity index (χ3v) is 6.47. The number of amides is 1. The van der Waals surface area contributed by atoms with Crippen LogP contribution >= 0.6 is 0 Å². The summed E-state index contributed by atoms with van der Waals surface area (Å²) < 4.78 is 11.8. The van der Waals surface area contributed by atoms with E-state index in [1.54, 1.807) is 11.0 Å². The Hall–Kier alpha value is -3.12. The molecule has 4 rings (SSSR count). The molecule has 0 fully saturated rings. The summed E-state index contributed by atoms with van der Waals surface area (Å²) in [6, 6.07) is 12.8. The summed E-state index contributed by atoms with van der Waals surface area (Å²) in [6.45, 7) is 11.8. The Bertz CT molecular complexity index is 1210. The monoisotopic (exact) mass is 448 g/mol. The van der Waals surface area contributed by atoms with E-state index in [1.807, 2.05) is 43.3 Å². The zero-order valence-electron chi connectivity index (χ0n) is 19.9. The number of hydrogen-bond donors (Lipinski definition) is 0. The van der Waals surface area contributed by atoms with Gasteiger partial charge in [-0.2, -0.15) is 0 Å². The molecule has 0 aliphatic carbocycles. The van der Waals surface area contributed by atoms with Crippen LogP contribution in [-0.4, -0.2) is 48.5 Å². The van der Waals surface area contributed by atoms with Crippen molar-refractivity contribution in [2.75, 3.05) is 32.8 Å². The van der Waals surface area contributed by atoms with Gasteiger partial charge in [-0.15, -0.1) is 0 Å². The van der Waals surface area contributed by atoms with Crippen molar-refractivity contribution in [3.05, 3.63) is 75.1 Å². The fourth-order valence-electron chi connectivity index (χ4n) is 4.59. The van der Waals surface area contributed by atoms with E-state index in [9.17, 15) is 9.59 Å². The van der Waals surface area contributed by atoms with E-state index in [0.717, 1.165) is 42.9 Å². The van der Waals surface area contributed by atoms with Crippen molar-refractivity contribution in [2.45, 2.75) is 40.2 Å². The molecular weight excluding hydrogens is 416 g/mol. The summed E-state index contributed by atoms with van der Waals surface area (Å²) in [7, 11) is 0. The molecule has 0 N–H and O–H groups in total.